The van der Waals surface area contributed by atoms with Crippen LogP contribution in [0.4, 0.5) is 11.5 Å². The topological polar surface area (TPSA) is 62.6 Å². The Morgan fingerprint density at radius 1 is 0.921 bits per heavy atom. The van der Waals surface area contributed by atoms with E-state index in [0.717, 1.165) is 91.5 Å². The van der Waals surface area contributed by atoms with E-state index in [1.54, 1.807) is 0 Å². The van der Waals surface area contributed by atoms with Crippen LogP contribution < -0.4 is 14.5 Å². The quantitative estimate of drug-likeness (QED) is 0.385. The highest BCUT2D eigenvalue weighted by atomic mass is 35.5. The number of nitrogens with zero attached hydrogens (tertiary/aromatic N) is 7. The molecule has 1 fully saturated rings. The summed E-state index contributed by atoms with van der Waals surface area (Å²) >= 11 is 6.69. The lowest BCUT2D eigenvalue weighted by Gasteiger charge is -2.36. The molecule has 0 radical (unpaired) electrons. The number of imidazole rings is 1. The van der Waals surface area contributed by atoms with Gasteiger partial charge in [0.2, 0.25) is 0 Å². The fourth-order valence-electron chi connectivity index (χ4n) is 6.06. The molecule has 0 bridgehead atoms. The first-order chi connectivity index (χ1) is 18.6. The molecule has 196 valence electrons. The van der Waals surface area contributed by atoms with Gasteiger partial charge in [0.25, 0.3) is 0 Å². The number of hydrogen-bond donors (Lipinski definition) is 0. The van der Waals surface area contributed by atoms with E-state index in [4.69, 9.17) is 26.3 Å². The highest BCUT2D eigenvalue weighted by Gasteiger charge is 2.29. The summed E-state index contributed by atoms with van der Waals surface area (Å²) < 4.78 is 8.68. The van der Waals surface area contributed by atoms with E-state index >= 15 is 0 Å². The van der Waals surface area contributed by atoms with Gasteiger partial charge in [0.05, 0.1) is 35.8 Å². The average Bonchev–Trinajstić information content (AvgIpc) is 3.41. The van der Waals surface area contributed by atoms with Crippen LogP contribution in [0.15, 0.2) is 48.9 Å². The molecule has 3 aliphatic rings. The van der Waals surface area contributed by atoms with Crippen molar-refractivity contribution in [1.82, 2.24) is 24.4 Å². The van der Waals surface area contributed by atoms with Gasteiger partial charge in [-0.25, -0.2) is 4.98 Å². The van der Waals surface area contributed by atoms with Gasteiger partial charge in [-0.15, -0.1) is 0 Å². The number of rotatable bonds is 4. The number of aromatic nitrogens is 4. The van der Waals surface area contributed by atoms with E-state index in [2.05, 4.69) is 55.6 Å². The van der Waals surface area contributed by atoms with Crippen LogP contribution in [0.3, 0.4) is 0 Å². The van der Waals surface area contributed by atoms with Crippen molar-refractivity contribution in [3.8, 4) is 6.01 Å². The predicted molar refractivity (Wildman–Crippen MR) is 150 cm³/mol. The molecule has 9 heteroatoms. The molecule has 0 spiro atoms. The summed E-state index contributed by atoms with van der Waals surface area (Å²) in [5.41, 5.74) is 4.64. The molecule has 38 heavy (non-hydrogen) atoms. The molecule has 1 saturated heterocycles. The Hall–Kier alpha value is -3.36. The lowest BCUT2D eigenvalue weighted by atomic mass is 10.0. The second-order valence-electron chi connectivity index (χ2n) is 10.7. The summed E-state index contributed by atoms with van der Waals surface area (Å²) in [7, 11) is 2.17. The monoisotopic (exact) mass is 529 g/mol. The van der Waals surface area contributed by atoms with Crippen molar-refractivity contribution < 1.29 is 4.74 Å². The third kappa shape index (κ3) is 4.35. The minimum absolute atomic E-state index is 0.149. The Bertz CT molecular complexity index is 1470. The van der Waals surface area contributed by atoms with E-state index in [-0.39, 0.29) is 6.10 Å². The second kappa shape index (κ2) is 9.75. The standard InChI is InChI=1S/C29H32ClN7O/c1-34-11-8-22(9-12-34)38-29-32-25-18-35(26-7-3-5-20-4-2-6-24(30)27(20)26)13-10-23(25)28(33-29)36-14-15-37-19-31-16-21(37)17-36/h2-7,16,19,22H,8-15,17-18H2,1H3. The molecule has 2 aromatic carbocycles. The summed E-state index contributed by atoms with van der Waals surface area (Å²) in [6.07, 6.45) is 6.89. The first kappa shape index (κ1) is 23.7. The van der Waals surface area contributed by atoms with Gasteiger partial charge in [-0.3, -0.25) is 0 Å². The largest absolute Gasteiger partial charge is 0.460 e. The summed E-state index contributed by atoms with van der Waals surface area (Å²) in [6, 6.07) is 13.0. The van der Waals surface area contributed by atoms with Crippen LogP contribution in [0, 0.1) is 0 Å². The third-order valence-corrected chi connectivity index (χ3v) is 8.51. The molecule has 2 aromatic heterocycles. The van der Waals surface area contributed by atoms with Gasteiger partial charge >= 0.3 is 6.01 Å². The van der Waals surface area contributed by atoms with Crippen LogP contribution in [0.2, 0.25) is 5.02 Å². The van der Waals surface area contributed by atoms with E-state index in [1.807, 2.05) is 24.7 Å². The van der Waals surface area contributed by atoms with Gasteiger partial charge in [-0.2, -0.15) is 9.97 Å². The molecule has 0 saturated carbocycles. The molecule has 0 aliphatic carbocycles. The molecule has 8 nitrogen and oxygen atoms in total. The summed E-state index contributed by atoms with van der Waals surface area (Å²) in [5, 5.41) is 3.03. The molecule has 4 aromatic rings. The van der Waals surface area contributed by atoms with Crippen molar-refractivity contribution in [3.05, 3.63) is 70.9 Å². The van der Waals surface area contributed by atoms with E-state index in [0.29, 0.717) is 12.6 Å². The van der Waals surface area contributed by atoms with E-state index < -0.39 is 0 Å². The van der Waals surface area contributed by atoms with Gasteiger partial charge in [-0.1, -0.05) is 35.9 Å². The first-order valence-electron chi connectivity index (χ1n) is 13.5. The van der Waals surface area contributed by atoms with E-state index in [9.17, 15) is 0 Å². The lowest BCUT2D eigenvalue weighted by Crippen LogP contribution is -2.38. The molecular formula is C29H32ClN7O. The second-order valence-corrected chi connectivity index (χ2v) is 11.1. The molecule has 0 N–H and O–H groups in total. The molecular weight excluding hydrogens is 498 g/mol. The van der Waals surface area contributed by atoms with Crippen LogP contribution in [0.5, 0.6) is 6.01 Å². The van der Waals surface area contributed by atoms with Crippen molar-refractivity contribution in [2.24, 2.45) is 0 Å². The highest BCUT2D eigenvalue weighted by molar-refractivity contribution is 6.36. The Balaban J connectivity index is 1.25. The van der Waals surface area contributed by atoms with Crippen LogP contribution in [-0.4, -0.2) is 63.7 Å². The maximum Gasteiger partial charge on any atom is 0.318 e. The van der Waals surface area contributed by atoms with Crippen LogP contribution in [0.25, 0.3) is 10.8 Å². The predicted octanol–water partition coefficient (Wildman–Crippen LogP) is 4.54. The molecule has 5 heterocycles. The Morgan fingerprint density at radius 2 is 1.76 bits per heavy atom. The maximum atomic E-state index is 6.69. The number of ether oxygens (including phenoxy) is 1. The smallest absolute Gasteiger partial charge is 0.318 e. The zero-order valence-electron chi connectivity index (χ0n) is 21.7. The number of benzene rings is 2. The fraction of sp³-hybridized carbons (Fsp3) is 0.414. The highest BCUT2D eigenvalue weighted by Crippen LogP contribution is 2.37. The third-order valence-electron chi connectivity index (χ3n) is 8.19. The van der Waals surface area contributed by atoms with Gasteiger partial charge in [0.15, 0.2) is 0 Å². The Kier molecular flexibility index (Phi) is 6.09. The molecule has 3 aliphatic heterocycles. The Morgan fingerprint density at radius 3 is 2.63 bits per heavy atom. The SMILES string of the molecule is CN1CCC(Oc2nc3c(c(N4CCn5cncc5C4)n2)CCN(c2cccc4cccc(Cl)c24)C3)CC1. The number of halogens is 1. The lowest BCUT2D eigenvalue weighted by molar-refractivity contribution is 0.105. The van der Waals surface area contributed by atoms with Crippen molar-refractivity contribution in [3.63, 3.8) is 0 Å². The number of hydrogen-bond acceptors (Lipinski definition) is 7. The van der Waals surface area contributed by atoms with Gasteiger partial charge in [0.1, 0.15) is 11.9 Å². The summed E-state index contributed by atoms with van der Waals surface area (Å²) in [5.74, 6) is 1.01. The van der Waals surface area contributed by atoms with Gasteiger partial charge in [0, 0.05) is 55.6 Å². The van der Waals surface area contributed by atoms with Gasteiger partial charge in [-0.05, 0) is 43.8 Å². The van der Waals surface area contributed by atoms with E-state index in [1.165, 1.54) is 11.3 Å². The minimum Gasteiger partial charge on any atom is -0.460 e. The van der Waals surface area contributed by atoms with Crippen molar-refractivity contribution in [2.75, 3.05) is 43.0 Å². The number of likely N-dealkylation sites (tertiary alicyclic amines) is 1. The summed E-state index contributed by atoms with van der Waals surface area (Å²) in [4.78, 5) is 21.6. The zero-order valence-corrected chi connectivity index (χ0v) is 22.4. The Labute approximate surface area is 227 Å². The van der Waals surface area contributed by atoms with Crippen molar-refractivity contribution in [1.29, 1.82) is 0 Å². The zero-order chi connectivity index (χ0) is 25.6. The van der Waals surface area contributed by atoms with Gasteiger partial charge < -0.3 is 24.0 Å². The number of piperidine rings is 1. The summed E-state index contributed by atoms with van der Waals surface area (Å²) in [6.45, 7) is 6.24. The normalized spacial score (nSPS) is 18.5. The van der Waals surface area contributed by atoms with Crippen molar-refractivity contribution in [2.45, 2.75) is 45.0 Å². The number of fused-ring (bicyclic) bond motifs is 3. The minimum atomic E-state index is 0.149. The maximum absolute atomic E-state index is 6.69. The molecule has 7 rings (SSSR count). The van der Waals surface area contributed by atoms with Crippen LogP contribution in [-0.2, 0) is 26.1 Å². The first-order valence-corrected chi connectivity index (χ1v) is 13.9. The average molecular weight is 530 g/mol. The van der Waals surface area contributed by atoms with Crippen molar-refractivity contribution >= 4 is 33.9 Å². The molecule has 0 unspecified atom stereocenters. The van der Waals surface area contributed by atoms with Crippen LogP contribution in [0.1, 0.15) is 29.8 Å². The fourth-order valence-corrected chi connectivity index (χ4v) is 6.34. The van der Waals surface area contributed by atoms with Crippen LogP contribution >= 0.6 is 11.6 Å². The molecule has 0 atom stereocenters. The molecule has 0 amide bonds. The number of anilines is 2.